The van der Waals surface area contributed by atoms with Crippen molar-refractivity contribution < 1.29 is 8.85 Å². The molecule has 1 aliphatic rings. The molecule has 0 saturated heterocycles. The lowest BCUT2D eigenvalue weighted by molar-refractivity contribution is 0.0561. The molecular formula is C28H50O2Si2. The van der Waals surface area contributed by atoms with Crippen molar-refractivity contribution in [2.24, 2.45) is 0 Å². The van der Waals surface area contributed by atoms with Crippen molar-refractivity contribution in [2.75, 3.05) is 0 Å². The summed E-state index contributed by atoms with van der Waals surface area (Å²) in [5.74, 6) is 0. The lowest BCUT2D eigenvalue weighted by Gasteiger charge is -2.52. The van der Waals surface area contributed by atoms with Crippen LogP contribution in [0.1, 0.15) is 94.8 Å². The summed E-state index contributed by atoms with van der Waals surface area (Å²) in [4.78, 5) is 0. The van der Waals surface area contributed by atoms with E-state index in [0.29, 0.717) is 16.6 Å². The van der Waals surface area contributed by atoms with Gasteiger partial charge in [-0.25, -0.2) is 0 Å². The molecule has 2 atom stereocenters. The fourth-order valence-electron chi connectivity index (χ4n) is 6.54. The van der Waals surface area contributed by atoms with Crippen LogP contribution in [-0.4, -0.2) is 22.7 Å². The molecule has 32 heavy (non-hydrogen) atoms. The summed E-state index contributed by atoms with van der Waals surface area (Å²) in [6.45, 7) is 28.5. The molecule has 1 aliphatic heterocycles. The predicted octanol–water partition coefficient (Wildman–Crippen LogP) is 9.42. The predicted molar refractivity (Wildman–Crippen MR) is 145 cm³/mol. The van der Waals surface area contributed by atoms with E-state index >= 15 is 0 Å². The second-order valence-electron chi connectivity index (χ2n) is 12.8. The highest BCUT2D eigenvalue weighted by atomic mass is 28.4. The Labute approximate surface area is 201 Å². The van der Waals surface area contributed by atoms with E-state index in [-0.39, 0.29) is 22.3 Å². The molecule has 1 aromatic carbocycles. The van der Waals surface area contributed by atoms with Gasteiger partial charge in [-0.3, -0.25) is 0 Å². The summed E-state index contributed by atoms with van der Waals surface area (Å²) in [5, 5.41) is 0.223. The van der Waals surface area contributed by atoms with Gasteiger partial charge in [0.2, 0.25) is 16.6 Å². The molecule has 2 nitrogen and oxygen atoms in total. The third kappa shape index (κ3) is 5.04. The van der Waals surface area contributed by atoms with Crippen molar-refractivity contribution in [1.82, 2.24) is 0 Å². The maximum Gasteiger partial charge on any atom is 0.208 e. The molecule has 4 heteroatoms. The average molecular weight is 475 g/mol. The van der Waals surface area contributed by atoms with Crippen molar-refractivity contribution in [3.63, 3.8) is 0 Å². The third-order valence-corrected chi connectivity index (χ3v) is 20.4. The number of allylic oxidation sites excluding steroid dienone is 1. The minimum absolute atomic E-state index is 0.0460. The molecule has 0 aliphatic carbocycles. The zero-order valence-corrected chi connectivity index (χ0v) is 25.0. The van der Waals surface area contributed by atoms with Crippen LogP contribution in [0.4, 0.5) is 0 Å². The van der Waals surface area contributed by atoms with Gasteiger partial charge < -0.3 is 8.85 Å². The van der Waals surface area contributed by atoms with E-state index in [0.717, 1.165) is 6.04 Å². The van der Waals surface area contributed by atoms with E-state index in [1.165, 1.54) is 5.56 Å². The summed E-state index contributed by atoms with van der Waals surface area (Å²) in [7, 11) is -4.30. The fraction of sp³-hybridized carbons (Fsp3) is 0.714. The highest BCUT2D eigenvalue weighted by molar-refractivity contribution is 6.80. The number of benzene rings is 1. The maximum absolute atomic E-state index is 7.49. The molecule has 0 spiro atoms. The second-order valence-corrected chi connectivity index (χ2v) is 23.5. The van der Waals surface area contributed by atoms with Crippen molar-refractivity contribution in [3.8, 4) is 0 Å². The zero-order chi connectivity index (χ0) is 24.5. The first-order chi connectivity index (χ1) is 14.6. The SMILES string of the molecule is CC(C)[Si](O[C@H]1C=CC[Si](C(C)(C)C)(C(C)(C)C)O[C@@H]1c1ccccc1)(C(C)C)C(C)C. The Hall–Kier alpha value is -0.686. The Bertz CT molecular complexity index is 718. The van der Waals surface area contributed by atoms with Gasteiger partial charge in [-0.1, -0.05) is 126 Å². The van der Waals surface area contributed by atoms with Crippen molar-refractivity contribution in [2.45, 2.75) is 128 Å². The molecule has 182 valence electrons. The van der Waals surface area contributed by atoms with Gasteiger partial charge >= 0.3 is 0 Å². The van der Waals surface area contributed by atoms with Gasteiger partial charge in [0, 0.05) is 0 Å². The molecule has 1 heterocycles. The Morgan fingerprint density at radius 3 is 1.72 bits per heavy atom. The molecule has 0 unspecified atom stereocenters. The summed E-state index contributed by atoms with van der Waals surface area (Å²) >= 11 is 0. The van der Waals surface area contributed by atoms with E-state index in [1.807, 2.05) is 0 Å². The fourth-order valence-corrected chi connectivity index (χ4v) is 17.5. The third-order valence-electron chi connectivity index (χ3n) is 7.96. The van der Waals surface area contributed by atoms with Gasteiger partial charge in [-0.15, -0.1) is 0 Å². The van der Waals surface area contributed by atoms with Crippen LogP contribution in [-0.2, 0) is 8.85 Å². The van der Waals surface area contributed by atoms with Crippen LogP contribution >= 0.6 is 0 Å². The highest BCUT2D eigenvalue weighted by Gasteiger charge is 2.57. The standard InChI is InChI=1S/C28H50O2Si2/c1-21(2)32(22(3)4,23(5)6)29-25-19-16-20-31(27(7,8)9,28(10,11)12)30-26(25)24-17-14-13-15-18-24/h13-19,21-23,25-26H,20H2,1-12H3/t25-,26+/m0/s1. The van der Waals surface area contributed by atoms with Gasteiger partial charge in [0.15, 0.2) is 0 Å². The topological polar surface area (TPSA) is 18.5 Å². The Morgan fingerprint density at radius 2 is 1.31 bits per heavy atom. The number of rotatable bonds is 6. The van der Waals surface area contributed by atoms with Crippen LogP contribution in [0.2, 0.25) is 32.7 Å². The Kier molecular flexibility index (Phi) is 8.52. The zero-order valence-electron chi connectivity index (χ0n) is 23.0. The normalized spacial score (nSPS) is 22.6. The Balaban J connectivity index is 2.66. The van der Waals surface area contributed by atoms with Crippen LogP contribution in [0.5, 0.6) is 0 Å². The lowest BCUT2D eigenvalue weighted by Crippen LogP contribution is -2.56. The van der Waals surface area contributed by atoms with E-state index in [4.69, 9.17) is 8.85 Å². The van der Waals surface area contributed by atoms with Crippen LogP contribution in [0, 0.1) is 0 Å². The first-order valence-corrected chi connectivity index (χ1v) is 16.9. The molecule has 0 radical (unpaired) electrons. The molecule has 2 rings (SSSR count). The van der Waals surface area contributed by atoms with E-state index in [9.17, 15) is 0 Å². The van der Waals surface area contributed by atoms with Crippen molar-refractivity contribution in [1.29, 1.82) is 0 Å². The van der Waals surface area contributed by atoms with Crippen LogP contribution in [0.25, 0.3) is 0 Å². The number of hydrogen-bond donors (Lipinski definition) is 0. The van der Waals surface area contributed by atoms with Crippen molar-refractivity contribution >= 4 is 16.6 Å². The quantitative estimate of drug-likeness (QED) is 0.302. The highest BCUT2D eigenvalue weighted by Crippen LogP contribution is 2.57. The molecule has 0 bridgehead atoms. The summed E-state index contributed by atoms with van der Waals surface area (Å²) in [6, 6.07) is 11.9. The number of hydrogen-bond acceptors (Lipinski definition) is 2. The molecule has 0 fully saturated rings. The van der Waals surface area contributed by atoms with E-state index in [2.05, 4.69) is 126 Å². The molecular weight excluding hydrogens is 424 g/mol. The first kappa shape index (κ1) is 27.6. The molecule has 0 aromatic heterocycles. The maximum atomic E-state index is 7.49. The molecule has 1 aromatic rings. The average Bonchev–Trinajstić information content (AvgIpc) is 2.85. The minimum atomic E-state index is -2.23. The summed E-state index contributed by atoms with van der Waals surface area (Å²) in [6.07, 6.45) is 4.66. The van der Waals surface area contributed by atoms with Gasteiger partial charge in [-0.05, 0) is 38.3 Å². The largest absolute Gasteiger partial charge is 0.407 e. The minimum Gasteiger partial charge on any atom is -0.407 e. The molecule has 0 amide bonds. The molecule has 0 N–H and O–H groups in total. The second kappa shape index (κ2) is 9.89. The smallest absolute Gasteiger partial charge is 0.208 e. The molecule has 0 saturated carbocycles. The Morgan fingerprint density at radius 1 is 0.844 bits per heavy atom. The van der Waals surface area contributed by atoms with E-state index < -0.39 is 16.6 Å². The van der Waals surface area contributed by atoms with Gasteiger partial charge in [0.1, 0.15) is 0 Å². The summed E-state index contributed by atoms with van der Waals surface area (Å²) < 4.78 is 14.9. The van der Waals surface area contributed by atoms with Gasteiger partial charge in [0.25, 0.3) is 0 Å². The summed E-state index contributed by atoms with van der Waals surface area (Å²) in [5.41, 5.74) is 2.88. The lowest BCUT2D eigenvalue weighted by atomic mass is 10.0. The van der Waals surface area contributed by atoms with Gasteiger partial charge in [-0.2, -0.15) is 0 Å². The van der Waals surface area contributed by atoms with Crippen LogP contribution < -0.4 is 0 Å². The monoisotopic (exact) mass is 474 g/mol. The van der Waals surface area contributed by atoms with Crippen LogP contribution in [0.3, 0.4) is 0 Å². The van der Waals surface area contributed by atoms with Crippen molar-refractivity contribution in [3.05, 3.63) is 48.0 Å². The first-order valence-electron chi connectivity index (χ1n) is 12.7. The van der Waals surface area contributed by atoms with Gasteiger partial charge in [0.05, 0.1) is 12.2 Å². The van der Waals surface area contributed by atoms with Crippen LogP contribution in [0.15, 0.2) is 42.5 Å². The van der Waals surface area contributed by atoms with E-state index in [1.54, 1.807) is 0 Å².